The number of ether oxygens (including phenoxy) is 2. The number of rotatable bonds is 4. The number of hydrogen-bond donors (Lipinski definition) is 0. The summed E-state index contributed by atoms with van der Waals surface area (Å²) in [5.41, 5.74) is 0.676. The van der Waals surface area contributed by atoms with Crippen LogP contribution in [-0.2, 0) is 11.2 Å². The molecule has 0 radical (unpaired) electrons. The molecule has 1 aliphatic heterocycles. The monoisotopic (exact) mass is 287 g/mol. The summed E-state index contributed by atoms with van der Waals surface area (Å²) >= 11 is 0. The highest BCUT2D eigenvalue weighted by molar-refractivity contribution is 5.80. The van der Waals surface area contributed by atoms with Gasteiger partial charge in [0.1, 0.15) is 12.4 Å². The zero-order valence-corrected chi connectivity index (χ0v) is 11.3. The van der Waals surface area contributed by atoms with E-state index in [9.17, 15) is 13.2 Å². The van der Waals surface area contributed by atoms with E-state index in [2.05, 4.69) is 23.6 Å². The maximum atomic E-state index is 12.1. The topological polar surface area (TPSA) is 30.8 Å². The van der Waals surface area contributed by atoms with Crippen LogP contribution in [0.25, 0.3) is 0 Å². The van der Waals surface area contributed by atoms with E-state index in [1.165, 1.54) is 18.2 Å². The standard InChI is InChI=1S/C14H16F3NO2/c1-9(2)12-8-19-13(18-12)7-10-4-3-5-11(6-10)20-14(15,16)17/h3-6,9,12H,7-8H2,1-2H3/t12-/m1/s1. The van der Waals surface area contributed by atoms with Gasteiger partial charge in [-0.15, -0.1) is 13.2 Å². The van der Waals surface area contributed by atoms with Crippen LogP contribution in [0.1, 0.15) is 19.4 Å². The van der Waals surface area contributed by atoms with Gasteiger partial charge >= 0.3 is 6.36 Å². The molecular formula is C14H16F3NO2. The van der Waals surface area contributed by atoms with E-state index in [0.717, 1.165) is 0 Å². The first-order valence-corrected chi connectivity index (χ1v) is 6.37. The Morgan fingerprint density at radius 3 is 2.75 bits per heavy atom. The fourth-order valence-electron chi connectivity index (χ4n) is 1.91. The average Bonchev–Trinajstić information content (AvgIpc) is 2.75. The van der Waals surface area contributed by atoms with Crippen LogP contribution in [-0.4, -0.2) is 24.9 Å². The van der Waals surface area contributed by atoms with Crippen LogP contribution in [0.2, 0.25) is 0 Å². The Morgan fingerprint density at radius 1 is 1.40 bits per heavy atom. The Morgan fingerprint density at radius 2 is 2.15 bits per heavy atom. The summed E-state index contributed by atoms with van der Waals surface area (Å²) in [6, 6.07) is 5.98. The molecule has 20 heavy (non-hydrogen) atoms. The molecule has 0 aliphatic carbocycles. The minimum Gasteiger partial charge on any atom is -0.478 e. The summed E-state index contributed by atoms with van der Waals surface area (Å²) in [5.74, 6) is 0.717. The number of nitrogens with zero attached hydrogens (tertiary/aromatic N) is 1. The Labute approximate surface area is 115 Å². The fraction of sp³-hybridized carbons (Fsp3) is 0.500. The Kier molecular flexibility index (Phi) is 4.20. The number of benzene rings is 1. The molecule has 0 aromatic heterocycles. The van der Waals surface area contributed by atoms with Crippen LogP contribution in [0.4, 0.5) is 13.2 Å². The number of hydrogen-bond acceptors (Lipinski definition) is 3. The second kappa shape index (κ2) is 5.73. The predicted octanol–water partition coefficient (Wildman–Crippen LogP) is 3.58. The first kappa shape index (κ1) is 14.7. The van der Waals surface area contributed by atoms with E-state index >= 15 is 0 Å². The maximum absolute atomic E-state index is 12.1. The van der Waals surface area contributed by atoms with Crippen molar-refractivity contribution < 1.29 is 22.6 Å². The lowest BCUT2D eigenvalue weighted by atomic mass is 10.1. The van der Waals surface area contributed by atoms with Crippen LogP contribution in [0.15, 0.2) is 29.3 Å². The summed E-state index contributed by atoms with van der Waals surface area (Å²) in [5, 5.41) is 0. The van der Waals surface area contributed by atoms with Gasteiger partial charge in [0, 0.05) is 6.42 Å². The smallest absolute Gasteiger partial charge is 0.478 e. The number of halogens is 3. The lowest BCUT2D eigenvalue weighted by molar-refractivity contribution is -0.274. The Balaban J connectivity index is 2.04. The molecule has 1 heterocycles. The lowest BCUT2D eigenvalue weighted by Crippen LogP contribution is -2.17. The third-order valence-corrected chi connectivity index (χ3v) is 2.99. The van der Waals surface area contributed by atoms with Gasteiger partial charge in [0.15, 0.2) is 5.90 Å². The van der Waals surface area contributed by atoms with E-state index in [1.807, 2.05) is 0 Å². The average molecular weight is 287 g/mol. The molecule has 3 nitrogen and oxygen atoms in total. The minimum atomic E-state index is -4.68. The molecule has 1 aliphatic rings. The second-order valence-electron chi connectivity index (χ2n) is 5.02. The van der Waals surface area contributed by atoms with Crippen LogP contribution in [0.3, 0.4) is 0 Å². The summed E-state index contributed by atoms with van der Waals surface area (Å²) < 4.78 is 45.8. The summed E-state index contributed by atoms with van der Waals surface area (Å²) in [6.07, 6.45) is -4.30. The van der Waals surface area contributed by atoms with Gasteiger partial charge in [0.25, 0.3) is 0 Å². The molecule has 0 fully saturated rings. The SMILES string of the molecule is CC(C)[C@H]1COC(Cc2cccc(OC(F)(F)F)c2)=N1. The van der Waals surface area contributed by atoms with Gasteiger partial charge in [-0.25, -0.2) is 4.99 Å². The van der Waals surface area contributed by atoms with Crippen molar-refractivity contribution in [3.05, 3.63) is 29.8 Å². The van der Waals surface area contributed by atoms with E-state index in [4.69, 9.17) is 4.74 Å². The molecule has 0 bridgehead atoms. The molecule has 0 unspecified atom stereocenters. The molecular weight excluding hydrogens is 271 g/mol. The molecule has 1 aromatic carbocycles. The molecule has 1 atom stereocenters. The molecule has 0 N–H and O–H groups in total. The highest BCUT2D eigenvalue weighted by Gasteiger charge is 2.31. The van der Waals surface area contributed by atoms with Gasteiger partial charge < -0.3 is 9.47 Å². The van der Waals surface area contributed by atoms with Crippen molar-refractivity contribution in [2.75, 3.05) is 6.61 Å². The van der Waals surface area contributed by atoms with Gasteiger partial charge in [-0.2, -0.15) is 0 Å². The minimum absolute atomic E-state index is 0.125. The molecule has 6 heteroatoms. The van der Waals surface area contributed by atoms with Crippen LogP contribution in [0.5, 0.6) is 5.75 Å². The Hall–Kier alpha value is -1.72. The summed E-state index contributed by atoms with van der Waals surface area (Å²) in [7, 11) is 0. The van der Waals surface area contributed by atoms with Gasteiger partial charge in [0.2, 0.25) is 0 Å². The van der Waals surface area contributed by atoms with Gasteiger partial charge in [-0.05, 0) is 23.6 Å². The van der Waals surface area contributed by atoms with Crippen LogP contribution in [0, 0.1) is 5.92 Å². The Bertz CT molecular complexity index is 497. The quantitative estimate of drug-likeness (QED) is 0.847. The zero-order chi connectivity index (χ0) is 14.8. The predicted molar refractivity (Wildman–Crippen MR) is 68.8 cm³/mol. The first-order chi connectivity index (χ1) is 9.33. The third-order valence-electron chi connectivity index (χ3n) is 2.99. The van der Waals surface area contributed by atoms with Crippen molar-refractivity contribution >= 4 is 5.90 Å². The molecule has 0 spiro atoms. The number of aliphatic imine (C=N–C) groups is 1. The highest BCUT2D eigenvalue weighted by Crippen LogP contribution is 2.24. The maximum Gasteiger partial charge on any atom is 0.573 e. The molecule has 2 rings (SSSR count). The molecule has 110 valence electrons. The number of alkyl halides is 3. The van der Waals surface area contributed by atoms with Crippen LogP contribution >= 0.6 is 0 Å². The van der Waals surface area contributed by atoms with Gasteiger partial charge in [-0.1, -0.05) is 26.0 Å². The van der Waals surface area contributed by atoms with Crippen molar-refractivity contribution in [3.8, 4) is 5.75 Å². The van der Waals surface area contributed by atoms with E-state index in [0.29, 0.717) is 30.4 Å². The van der Waals surface area contributed by atoms with Crippen molar-refractivity contribution in [2.45, 2.75) is 32.7 Å². The van der Waals surface area contributed by atoms with E-state index in [-0.39, 0.29) is 11.8 Å². The third kappa shape index (κ3) is 4.15. The first-order valence-electron chi connectivity index (χ1n) is 6.37. The van der Waals surface area contributed by atoms with Crippen LogP contribution < -0.4 is 4.74 Å². The fourth-order valence-corrected chi connectivity index (χ4v) is 1.91. The summed E-state index contributed by atoms with van der Waals surface area (Å²) in [6.45, 7) is 4.64. The normalized spacial score (nSPS) is 18.9. The van der Waals surface area contributed by atoms with Crippen molar-refractivity contribution in [1.29, 1.82) is 0 Å². The highest BCUT2D eigenvalue weighted by atomic mass is 19.4. The molecule has 0 amide bonds. The van der Waals surface area contributed by atoms with Crippen molar-refractivity contribution in [1.82, 2.24) is 0 Å². The lowest BCUT2D eigenvalue weighted by Gasteiger charge is -2.09. The molecule has 0 saturated carbocycles. The van der Waals surface area contributed by atoms with E-state index in [1.54, 1.807) is 6.07 Å². The van der Waals surface area contributed by atoms with E-state index < -0.39 is 6.36 Å². The summed E-state index contributed by atoms with van der Waals surface area (Å²) in [4.78, 5) is 4.42. The van der Waals surface area contributed by atoms with Crippen molar-refractivity contribution in [3.63, 3.8) is 0 Å². The van der Waals surface area contributed by atoms with Crippen molar-refractivity contribution in [2.24, 2.45) is 10.9 Å². The zero-order valence-electron chi connectivity index (χ0n) is 11.3. The molecule has 0 saturated heterocycles. The van der Waals surface area contributed by atoms with Gasteiger partial charge in [0.05, 0.1) is 6.04 Å². The second-order valence-corrected chi connectivity index (χ2v) is 5.02. The van der Waals surface area contributed by atoms with Gasteiger partial charge in [-0.3, -0.25) is 0 Å². The molecule has 1 aromatic rings. The largest absolute Gasteiger partial charge is 0.573 e.